The lowest BCUT2D eigenvalue weighted by Crippen LogP contribution is -2.44. The van der Waals surface area contributed by atoms with Crippen LogP contribution in [0.3, 0.4) is 0 Å². The molecule has 0 heterocycles. The van der Waals surface area contributed by atoms with E-state index in [2.05, 4.69) is 28.2 Å². The van der Waals surface area contributed by atoms with Crippen LogP contribution in [0.2, 0.25) is 0 Å². The molecule has 0 aliphatic heterocycles. The molecule has 0 unspecified atom stereocenters. The Labute approximate surface area is 136 Å². The van der Waals surface area contributed by atoms with Crippen molar-refractivity contribution in [2.24, 2.45) is 5.92 Å². The van der Waals surface area contributed by atoms with Gasteiger partial charge >= 0.3 is 0 Å². The van der Waals surface area contributed by atoms with Crippen LogP contribution in [0.25, 0.3) is 0 Å². The summed E-state index contributed by atoms with van der Waals surface area (Å²) >= 11 is 3.43. The van der Waals surface area contributed by atoms with Crippen LogP contribution in [-0.2, 0) is 0 Å². The largest absolute Gasteiger partial charge is 0.492 e. The van der Waals surface area contributed by atoms with Crippen molar-refractivity contribution >= 4 is 15.9 Å². The lowest BCUT2D eigenvalue weighted by Gasteiger charge is -2.36. The van der Waals surface area contributed by atoms with Crippen molar-refractivity contribution in [2.75, 3.05) is 19.7 Å². The molecule has 0 spiro atoms. The van der Waals surface area contributed by atoms with Crippen LogP contribution in [-0.4, -0.2) is 30.4 Å². The van der Waals surface area contributed by atoms with Gasteiger partial charge in [0.15, 0.2) is 0 Å². The van der Waals surface area contributed by atoms with Crippen molar-refractivity contribution in [3.8, 4) is 5.75 Å². The molecule has 1 aliphatic rings. The molecule has 118 valence electrons. The molecule has 0 amide bonds. The summed E-state index contributed by atoms with van der Waals surface area (Å²) in [6.45, 7) is 4.29. The number of hydrogen-bond donors (Lipinski definition) is 2. The summed E-state index contributed by atoms with van der Waals surface area (Å²) in [7, 11) is 0. The van der Waals surface area contributed by atoms with E-state index in [-0.39, 0.29) is 0 Å². The average molecular weight is 356 g/mol. The van der Waals surface area contributed by atoms with Crippen molar-refractivity contribution in [1.29, 1.82) is 0 Å². The molecule has 0 atom stereocenters. The Morgan fingerprint density at radius 1 is 1.38 bits per heavy atom. The molecule has 2 rings (SSSR count). The third-order valence-corrected chi connectivity index (χ3v) is 4.90. The number of halogens is 1. The molecule has 1 fully saturated rings. The summed E-state index contributed by atoms with van der Waals surface area (Å²) in [5, 5.41) is 13.9. The fraction of sp³-hybridized carbons (Fsp3) is 0.647. The summed E-state index contributed by atoms with van der Waals surface area (Å²) in [5.74, 6) is 1.68. The zero-order chi connectivity index (χ0) is 15.1. The maximum absolute atomic E-state index is 10.5. The molecule has 0 saturated heterocycles. The average Bonchev–Trinajstić information content (AvgIpc) is 2.48. The van der Waals surface area contributed by atoms with Crippen molar-refractivity contribution in [1.82, 2.24) is 5.32 Å². The van der Waals surface area contributed by atoms with Crippen molar-refractivity contribution in [2.45, 2.75) is 44.6 Å². The van der Waals surface area contributed by atoms with Gasteiger partial charge in [0.1, 0.15) is 12.4 Å². The second kappa shape index (κ2) is 8.16. The van der Waals surface area contributed by atoms with Gasteiger partial charge in [0.25, 0.3) is 0 Å². The fourth-order valence-electron chi connectivity index (χ4n) is 2.92. The summed E-state index contributed by atoms with van der Waals surface area (Å²) in [6.07, 6.45) is 5.40. The third-order valence-electron chi connectivity index (χ3n) is 4.41. The van der Waals surface area contributed by atoms with E-state index >= 15 is 0 Å². The first-order chi connectivity index (χ1) is 10.1. The number of nitrogens with one attached hydrogen (secondary N) is 1. The van der Waals surface area contributed by atoms with E-state index in [1.165, 1.54) is 6.42 Å². The number of aliphatic hydroxyl groups is 1. The topological polar surface area (TPSA) is 41.5 Å². The van der Waals surface area contributed by atoms with Crippen LogP contribution in [0.4, 0.5) is 0 Å². The van der Waals surface area contributed by atoms with Gasteiger partial charge in [-0.15, -0.1) is 0 Å². The van der Waals surface area contributed by atoms with Gasteiger partial charge in [-0.25, -0.2) is 0 Å². The summed E-state index contributed by atoms with van der Waals surface area (Å²) in [5.41, 5.74) is -0.512. The predicted octanol–water partition coefficient (Wildman–Crippen LogP) is 3.75. The van der Waals surface area contributed by atoms with Gasteiger partial charge in [-0.3, -0.25) is 0 Å². The van der Waals surface area contributed by atoms with E-state index in [0.29, 0.717) is 13.2 Å². The van der Waals surface area contributed by atoms with Gasteiger partial charge in [-0.2, -0.15) is 0 Å². The highest BCUT2D eigenvalue weighted by Crippen LogP contribution is 2.33. The maximum Gasteiger partial charge on any atom is 0.120 e. The smallest absolute Gasteiger partial charge is 0.120 e. The lowest BCUT2D eigenvalue weighted by atomic mass is 9.78. The second-order valence-corrected chi connectivity index (χ2v) is 6.97. The van der Waals surface area contributed by atoms with Gasteiger partial charge in [-0.1, -0.05) is 35.3 Å². The van der Waals surface area contributed by atoms with E-state index in [9.17, 15) is 5.11 Å². The molecular weight excluding hydrogens is 330 g/mol. The first kappa shape index (κ1) is 16.8. The Balaban J connectivity index is 1.61. The molecule has 1 saturated carbocycles. The molecule has 0 aromatic heterocycles. The third kappa shape index (κ3) is 5.61. The predicted molar refractivity (Wildman–Crippen MR) is 89.7 cm³/mol. The molecule has 0 radical (unpaired) electrons. The fourth-order valence-corrected chi connectivity index (χ4v) is 3.30. The van der Waals surface area contributed by atoms with E-state index in [4.69, 9.17) is 4.74 Å². The van der Waals surface area contributed by atoms with Gasteiger partial charge in [-0.05, 0) is 49.8 Å². The number of ether oxygens (including phenoxy) is 1. The van der Waals surface area contributed by atoms with Crippen LogP contribution < -0.4 is 10.1 Å². The highest BCUT2D eigenvalue weighted by Gasteiger charge is 2.31. The Morgan fingerprint density at radius 2 is 2.14 bits per heavy atom. The van der Waals surface area contributed by atoms with Crippen LogP contribution in [0.1, 0.15) is 39.0 Å². The summed E-state index contributed by atoms with van der Waals surface area (Å²) in [6, 6.07) is 7.85. The van der Waals surface area contributed by atoms with Gasteiger partial charge in [0.2, 0.25) is 0 Å². The van der Waals surface area contributed by atoms with Gasteiger partial charge < -0.3 is 15.2 Å². The Morgan fingerprint density at radius 3 is 2.81 bits per heavy atom. The monoisotopic (exact) mass is 355 g/mol. The SMILES string of the molecule is CCC1CCC(O)(CNCCOc2cccc(Br)c2)CC1. The van der Waals surface area contributed by atoms with Crippen LogP contribution in [0.15, 0.2) is 28.7 Å². The van der Waals surface area contributed by atoms with E-state index < -0.39 is 5.60 Å². The van der Waals surface area contributed by atoms with Crippen molar-refractivity contribution < 1.29 is 9.84 Å². The molecule has 21 heavy (non-hydrogen) atoms. The minimum atomic E-state index is -0.512. The number of rotatable bonds is 7. The normalized spacial score (nSPS) is 25.8. The minimum absolute atomic E-state index is 0.512. The second-order valence-electron chi connectivity index (χ2n) is 6.06. The van der Waals surface area contributed by atoms with E-state index in [1.54, 1.807) is 0 Å². The Bertz CT molecular complexity index is 431. The molecular formula is C17H26BrNO2. The molecule has 4 heteroatoms. The summed E-state index contributed by atoms with van der Waals surface area (Å²) < 4.78 is 6.69. The lowest BCUT2D eigenvalue weighted by molar-refractivity contribution is -0.00886. The number of hydrogen-bond acceptors (Lipinski definition) is 3. The van der Waals surface area contributed by atoms with E-state index in [0.717, 1.165) is 48.4 Å². The zero-order valence-corrected chi connectivity index (χ0v) is 14.4. The van der Waals surface area contributed by atoms with Crippen molar-refractivity contribution in [3.63, 3.8) is 0 Å². The quantitative estimate of drug-likeness (QED) is 0.731. The minimum Gasteiger partial charge on any atom is -0.492 e. The zero-order valence-electron chi connectivity index (χ0n) is 12.8. The number of benzene rings is 1. The highest BCUT2D eigenvalue weighted by atomic mass is 79.9. The first-order valence-electron chi connectivity index (χ1n) is 7.93. The van der Waals surface area contributed by atoms with Crippen LogP contribution >= 0.6 is 15.9 Å². The summed E-state index contributed by atoms with van der Waals surface area (Å²) in [4.78, 5) is 0. The molecule has 3 nitrogen and oxygen atoms in total. The standard InChI is InChI=1S/C17H26BrNO2/c1-2-14-6-8-17(20,9-7-14)13-19-10-11-21-16-5-3-4-15(18)12-16/h3-5,12,14,19-20H,2,6-11,13H2,1H3. The molecule has 2 N–H and O–H groups in total. The highest BCUT2D eigenvalue weighted by molar-refractivity contribution is 9.10. The van der Waals surface area contributed by atoms with Crippen molar-refractivity contribution in [3.05, 3.63) is 28.7 Å². The Hall–Kier alpha value is -0.580. The van der Waals surface area contributed by atoms with E-state index in [1.807, 2.05) is 24.3 Å². The van der Waals surface area contributed by atoms with Crippen LogP contribution in [0.5, 0.6) is 5.75 Å². The van der Waals surface area contributed by atoms with Gasteiger partial charge in [0.05, 0.1) is 5.60 Å². The first-order valence-corrected chi connectivity index (χ1v) is 8.72. The van der Waals surface area contributed by atoms with Crippen LogP contribution in [0, 0.1) is 5.92 Å². The Kier molecular flexibility index (Phi) is 6.52. The molecule has 1 aromatic carbocycles. The molecule has 0 bridgehead atoms. The van der Waals surface area contributed by atoms with Gasteiger partial charge in [0, 0.05) is 17.6 Å². The molecule has 1 aliphatic carbocycles. The maximum atomic E-state index is 10.5. The molecule has 1 aromatic rings.